The fraction of sp³-hybridized carbons (Fsp3) is 0.250. The van der Waals surface area contributed by atoms with Gasteiger partial charge in [0.2, 0.25) is 5.43 Å². The molecule has 1 heterocycles. The highest BCUT2D eigenvalue weighted by Crippen LogP contribution is 2.06. The third-order valence-electron chi connectivity index (χ3n) is 1.60. The van der Waals surface area contributed by atoms with Crippen LogP contribution in [0.1, 0.15) is 0 Å². The number of nitrogen functional groups attached to an aromatic ring is 1. The first kappa shape index (κ1) is 10.8. The fourth-order valence-corrected chi connectivity index (χ4v) is 1.41. The molecule has 1 aromatic heterocycles. The second-order valence-corrected chi connectivity index (χ2v) is 3.49. The highest BCUT2D eigenvalue weighted by Gasteiger charge is 2.05. The summed E-state index contributed by atoms with van der Waals surface area (Å²) in [5.74, 6) is -0.403. The van der Waals surface area contributed by atoms with E-state index in [1.807, 2.05) is 0 Å². The van der Waals surface area contributed by atoms with E-state index in [1.54, 1.807) is 0 Å². The molecule has 5 nitrogen and oxygen atoms in total. The van der Waals surface area contributed by atoms with E-state index in [4.69, 9.17) is 5.73 Å². The van der Waals surface area contributed by atoms with Crippen LogP contribution < -0.4 is 11.2 Å². The summed E-state index contributed by atoms with van der Waals surface area (Å²) in [5, 5.41) is 0. The van der Waals surface area contributed by atoms with Crippen molar-refractivity contribution in [3.63, 3.8) is 0 Å². The zero-order valence-corrected chi connectivity index (χ0v) is 9.08. The predicted octanol–water partition coefficient (Wildman–Crippen LogP) is 0.366. The third-order valence-corrected chi connectivity index (χ3v) is 2.17. The van der Waals surface area contributed by atoms with Crippen LogP contribution >= 0.6 is 15.9 Å². The lowest BCUT2D eigenvalue weighted by Crippen LogP contribution is -2.17. The number of aromatic nitrogens is 1. The number of carbonyl (C=O) groups is 1. The van der Waals surface area contributed by atoms with Crippen molar-refractivity contribution in [1.29, 1.82) is 0 Å². The summed E-state index contributed by atoms with van der Waals surface area (Å²) in [6.45, 7) is 0.0274. The Hall–Kier alpha value is -1.30. The lowest BCUT2D eigenvalue weighted by atomic mass is 10.4. The number of nitrogens with zero attached hydrogens (tertiary/aromatic N) is 1. The number of nitrogens with two attached hydrogens (primary N) is 1. The van der Waals surface area contributed by atoms with Gasteiger partial charge in [0.15, 0.2) is 0 Å². The zero-order chi connectivity index (χ0) is 10.7. The molecule has 0 aromatic carbocycles. The van der Waals surface area contributed by atoms with E-state index in [2.05, 4.69) is 20.7 Å². The molecular formula is C8H9BrN2O3. The Kier molecular flexibility index (Phi) is 3.29. The van der Waals surface area contributed by atoms with Gasteiger partial charge in [0, 0.05) is 12.4 Å². The Labute approximate surface area is 88.6 Å². The predicted molar refractivity (Wildman–Crippen MR) is 54.8 cm³/mol. The molecule has 76 valence electrons. The minimum atomic E-state index is -0.403. The average molecular weight is 261 g/mol. The second-order valence-electron chi connectivity index (χ2n) is 2.64. The summed E-state index contributed by atoms with van der Waals surface area (Å²) in [5.41, 5.74) is 5.22. The maximum Gasteiger partial charge on any atom is 0.325 e. The number of hydrogen-bond donors (Lipinski definition) is 1. The lowest BCUT2D eigenvalue weighted by molar-refractivity contribution is -0.141. The van der Waals surface area contributed by atoms with E-state index in [0.29, 0.717) is 4.47 Å². The van der Waals surface area contributed by atoms with Crippen molar-refractivity contribution in [2.75, 3.05) is 12.8 Å². The number of methoxy groups -OCH3 is 1. The smallest absolute Gasteiger partial charge is 0.325 e. The number of anilines is 1. The molecule has 0 spiro atoms. The van der Waals surface area contributed by atoms with E-state index in [0.717, 1.165) is 0 Å². The molecule has 6 heteroatoms. The van der Waals surface area contributed by atoms with Crippen LogP contribution in [0, 0.1) is 0 Å². The van der Waals surface area contributed by atoms with Gasteiger partial charge in [0.05, 0.1) is 17.3 Å². The summed E-state index contributed by atoms with van der Waals surface area (Å²) in [6, 6.07) is 0. The van der Waals surface area contributed by atoms with Crippen LogP contribution in [0.15, 0.2) is 21.7 Å². The number of rotatable bonds is 2. The van der Waals surface area contributed by atoms with Crippen molar-refractivity contribution in [3.05, 3.63) is 27.1 Å². The molecule has 0 saturated carbocycles. The van der Waals surface area contributed by atoms with E-state index in [9.17, 15) is 9.59 Å². The summed E-state index contributed by atoms with van der Waals surface area (Å²) < 4.78 is 6.27. The number of halogens is 1. The maximum absolute atomic E-state index is 11.2. The Morgan fingerprint density at radius 1 is 1.64 bits per heavy atom. The van der Waals surface area contributed by atoms with Crippen LogP contribution in [0.2, 0.25) is 0 Å². The summed E-state index contributed by atoms with van der Waals surface area (Å²) >= 11 is 3.04. The van der Waals surface area contributed by atoms with E-state index in [-0.39, 0.29) is 17.7 Å². The molecular weight excluding hydrogens is 252 g/mol. The van der Waals surface area contributed by atoms with Crippen molar-refractivity contribution in [2.24, 2.45) is 0 Å². The summed E-state index contributed by atoms with van der Waals surface area (Å²) in [7, 11) is 1.29. The van der Waals surface area contributed by atoms with Crippen LogP contribution in [0.4, 0.5) is 5.69 Å². The number of ether oxygens (including phenoxy) is 1. The third kappa shape index (κ3) is 2.35. The minimum absolute atomic E-state index is 0.0274. The molecule has 14 heavy (non-hydrogen) atoms. The zero-order valence-electron chi connectivity index (χ0n) is 7.49. The highest BCUT2D eigenvalue weighted by atomic mass is 79.9. The fourth-order valence-electron chi connectivity index (χ4n) is 0.922. The average Bonchev–Trinajstić information content (AvgIpc) is 2.14. The normalized spacial score (nSPS) is 9.86. The Morgan fingerprint density at radius 2 is 2.29 bits per heavy atom. The first-order valence-corrected chi connectivity index (χ1v) is 4.55. The van der Waals surface area contributed by atoms with Gasteiger partial charge in [0.1, 0.15) is 6.54 Å². The van der Waals surface area contributed by atoms with Gasteiger partial charge in [-0.2, -0.15) is 0 Å². The summed E-state index contributed by atoms with van der Waals surface area (Å²) in [6.07, 6.45) is 2.87. The molecule has 0 aliphatic heterocycles. The van der Waals surface area contributed by atoms with E-state index in [1.165, 1.54) is 24.1 Å². The van der Waals surface area contributed by atoms with Crippen molar-refractivity contribution in [1.82, 2.24) is 4.57 Å². The van der Waals surface area contributed by atoms with Crippen LogP contribution in [0.3, 0.4) is 0 Å². The van der Waals surface area contributed by atoms with Crippen molar-refractivity contribution in [3.8, 4) is 0 Å². The molecule has 0 fully saturated rings. The Bertz CT molecular complexity index is 387. The van der Waals surface area contributed by atoms with Gasteiger partial charge in [-0.3, -0.25) is 9.59 Å². The summed E-state index contributed by atoms with van der Waals surface area (Å²) in [4.78, 5) is 22.1. The number of hydrogen-bond acceptors (Lipinski definition) is 4. The largest absolute Gasteiger partial charge is 0.468 e. The quantitative estimate of drug-likeness (QED) is 0.780. The van der Waals surface area contributed by atoms with Gasteiger partial charge >= 0.3 is 5.97 Å². The van der Waals surface area contributed by atoms with Gasteiger partial charge in [-0.1, -0.05) is 0 Å². The topological polar surface area (TPSA) is 74.3 Å². The van der Waals surface area contributed by atoms with Gasteiger partial charge < -0.3 is 15.0 Å². The van der Waals surface area contributed by atoms with Crippen molar-refractivity contribution < 1.29 is 9.53 Å². The maximum atomic E-state index is 11.2. The van der Waals surface area contributed by atoms with Crippen LogP contribution in [-0.2, 0) is 16.1 Å². The molecule has 0 radical (unpaired) electrons. The monoisotopic (exact) mass is 260 g/mol. The first-order chi connectivity index (χ1) is 6.54. The molecule has 1 rings (SSSR count). The molecule has 1 aromatic rings. The minimum Gasteiger partial charge on any atom is -0.468 e. The number of carbonyl (C=O) groups excluding carboxylic acids is 1. The molecule has 0 aliphatic carbocycles. The molecule has 0 amide bonds. The van der Waals surface area contributed by atoms with Crippen LogP contribution in [-0.4, -0.2) is 17.6 Å². The van der Waals surface area contributed by atoms with Crippen LogP contribution in [0.5, 0.6) is 0 Å². The van der Waals surface area contributed by atoms with E-state index >= 15 is 0 Å². The molecule has 0 atom stereocenters. The Balaban J connectivity index is 3.01. The lowest BCUT2D eigenvalue weighted by Gasteiger charge is -2.06. The highest BCUT2D eigenvalue weighted by molar-refractivity contribution is 9.10. The number of pyridine rings is 1. The second kappa shape index (κ2) is 4.28. The molecule has 0 saturated heterocycles. The van der Waals surface area contributed by atoms with Crippen LogP contribution in [0.25, 0.3) is 0 Å². The number of esters is 1. The first-order valence-electron chi connectivity index (χ1n) is 3.76. The van der Waals surface area contributed by atoms with Gasteiger partial charge in [0.25, 0.3) is 0 Å². The molecule has 0 bridgehead atoms. The van der Waals surface area contributed by atoms with Gasteiger partial charge in [-0.25, -0.2) is 0 Å². The van der Waals surface area contributed by atoms with Gasteiger partial charge in [-0.15, -0.1) is 0 Å². The standard InChI is InChI=1S/C8H9BrN2O3/c1-14-7(12)4-11-2-5(9)8(13)6(10)3-11/h2-3H,4,10H2,1H3. The SMILES string of the molecule is COC(=O)Cn1cc(N)c(=O)c(Br)c1. The molecule has 0 unspecified atom stereocenters. The molecule has 0 aliphatic rings. The van der Waals surface area contributed by atoms with E-state index < -0.39 is 5.97 Å². The van der Waals surface area contributed by atoms with Gasteiger partial charge in [-0.05, 0) is 15.9 Å². The van der Waals surface area contributed by atoms with Crippen molar-refractivity contribution in [2.45, 2.75) is 6.54 Å². The molecule has 2 N–H and O–H groups in total. The Morgan fingerprint density at radius 3 is 2.79 bits per heavy atom. The van der Waals surface area contributed by atoms with Crippen molar-refractivity contribution >= 4 is 27.6 Å².